The van der Waals surface area contributed by atoms with Crippen LogP contribution in [0.4, 0.5) is 0 Å². The maximum Gasteiger partial charge on any atom is 0.322 e. The van der Waals surface area contributed by atoms with E-state index in [2.05, 4.69) is 9.72 Å². The summed E-state index contributed by atoms with van der Waals surface area (Å²) >= 11 is 5.90. The molecule has 0 fully saturated rings. The number of aromatic nitrogens is 1. The largest absolute Gasteiger partial charge is 0.468 e. The number of pyridine rings is 1. The third kappa shape index (κ3) is 3.60. The van der Waals surface area contributed by atoms with Crippen LogP contribution < -0.4 is 5.73 Å². The van der Waals surface area contributed by atoms with Crippen LogP contribution in [-0.2, 0) is 16.0 Å². The molecule has 5 heteroatoms. The standard InChI is InChI=1S/C16H17ClN2O2/c1-10-7-15(17)19-9-13(10)12-6-4-3-5-11(12)8-14(18)16(20)21-2/h3-7,9,14H,8,18H2,1-2H3/t14-/m0/s1. The SMILES string of the molecule is COC(=O)[C@@H](N)Cc1ccccc1-c1cnc(Cl)cc1C. The van der Waals surface area contributed by atoms with Crippen molar-refractivity contribution in [1.82, 2.24) is 4.98 Å². The Bertz CT molecular complexity index is 658. The van der Waals surface area contributed by atoms with E-state index in [-0.39, 0.29) is 0 Å². The van der Waals surface area contributed by atoms with E-state index < -0.39 is 12.0 Å². The molecule has 0 aliphatic heterocycles. The van der Waals surface area contributed by atoms with Crippen LogP contribution in [0.5, 0.6) is 0 Å². The van der Waals surface area contributed by atoms with Gasteiger partial charge in [0.1, 0.15) is 11.2 Å². The summed E-state index contributed by atoms with van der Waals surface area (Å²) in [6.07, 6.45) is 2.14. The van der Waals surface area contributed by atoms with E-state index in [9.17, 15) is 4.79 Å². The number of esters is 1. The number of ether oxygens (including phenoxy) is 1. The van der Waals surface area contributed by atoms with Gasteiger partial charge in [0.2, 0.25) is 0 Å². The highest BCUT2D eigenvalue weighted by atomic mass is 35.5. The van der Waals surface area contributed by atoms with E-state index in [1.165, 1.54) is 7.11 Å². The number of hydrogen-bond acceptors (Lipinski definition) is 4. The van der Waals surface area contributed by atoms with Crippen LogP contribution in [0.25, 0.3) is 11.1 Å². The zero-order valence-corrected chi connectivity index (χ0v) is 12.7. The lowest BCUT2D eigenvalue weighted by Crippen LogP contribution is -2.33. The smallest absolute Gasteiger partial charge is 0.322 e. The summed E-state index contributed by atoms with van der Waals surface area (Å²) in [6.45, 7) is 1.97. The maximum atomic E-state index is 11.5. The van der Waals surface area contributed by atoms with Gasteiger partial charge in [-0.2, -0.15) is 0 Å². The number of nitrogens with zero attached hydrogens (tertiary/aromatic N) is 1. The van der Waals surface area contributed by atoms with Crippen molar-refractivity contribution >= 4 is 17.6 Å². The van der Waals surface area contributed by atoms with Gasteiger partial charge in [-0.3, -0.25) is 4.79 Å². The van der Waals surface area contributed by atoms with E-state index in [1.807, 2.05) is 37.3 Å². The predicted molar refractivity (Wildman–Crippen MR) is 83.1 cm³/mol. The van der Waals surface area contributed by atoms with Crippen molar-refractivity contribution in [2.45, 2.75) is 19.4 Å². The molecular formula is C16H17ClN2O2. The molecule has 1 atom stereocenters. The summed E-state index contributed by atoms with van der Waals surface area (Å²) < 4.78 is 4.68. The first-order valence-corrected chi connectivity index (χ1v) is 6.94. The number of aryl methyl sites for hydroxylation is 1. The fourth-order valence-electron chi connectivity index (χ4n) is 2.24. The molecule has 21 heavy (non-hydrogen) atoms. The van der Waals surface area contributed by atoms with Gasteiger partial charge in [0.05, 0.1) is 7.11 Å². The first kappa shape index (κ1) is 15.5. The molecule has 2 N–H and O–H groups in total. The van der Waals surface area contributed by atoms with Crippen molar-refractivity contribution < 1.29 is 9.53 Å². The minimum absolute atomic E-state index is 0.408. The summed E-state index contributed by atoms with van der Waals surface area (Å²) in [5, 5.41) is 0.458. The molecule has 110 valence electrons. The third-order valence-corrected chi connectivity index (χ3v) is 3.54. The second kappa shape index (κ2) is 6.70. The topological polar surface area (TPSA) is 65.2 Å². The first-order chi connectivity index (χ1) is 10.0. The van der Waals surface area contributed by atoms with Gasteiger partial charge in [0, 0.05) is 11.8 Å². The Morgan fingerprint density at radius 1 is 1.38 bits per heavy atom. The molecule has 0 aliphatic rings. The van der Waals surface area contributed by atoms with E-state index in [1.54, 1.807) is 6.20 Å². The quantitative estimate of drug-likeness (QED) is 0.697. The van der Waals surface area contributed by atoms with Gasteiger partial charge >= 0.3 is 5.97 Å². The highest BCUT2D eigenvalue weighted by molar-refractivity contribution is 6.29. The van der Waals surface area contributed by atoms with E-state index in [0.717, 1.165) is 22.3 Å². The van der Waals surface area contributed by atoms with Gasteiger partial charge in [0.25, 0.3) is 0 Å². The van der Waals surface area contributed by atoms with Crippen LogP contribution >= 0.6 is 11.6 Å². The number of carbonyl (C=O) groups excluding carboxylic acids is 1. The number of benzene rings is 1. The summed E-state index contributed by atoms with van der Waals surface area (Å²) in [7, 11) is 1.33. The van der Waals surface area contributed by atoms with Gasteiger partial charge in [-0.05, 0) is 36.1 Å². The average molecular weight is 305 g/mol. The number of carbonyl (C=O) groups is 1. The van der Waals surface area contributed by atoms with Crippen molar-refractivity contribution in [3.8, 4) is 11.1 Å². The lowest BCUT2D eigenvalue weighted by molar-refractivity contribution is -0.142. The molecule has 0 radical (unpaired) electrons. The molecule has 0 saturated carbocycles. The highest BCUT2D eigenvalue weighted by Crippen LogP contribution is 2.28. The molecule has 2 aromatic rings. The van der Waals surface area contributed by atoms with Crippen LogP contribution in [0.1, 0.15) is 11.1 Å². The van der Waals surface area contributed by atoms with Gasteiger partial charge in [-0.25, -0.2) is 4.98 Å². The lowest BCUT2D eigenvalue weighted by atomic mass is 9.94. The van der Waals surface area contributed by atoms with E-state index >= 15 is 0 Å². The Hall–Kier alpha value is -1.91. The van der Waals surface area contributed by atoms with Crippen LogP contribution in [0.2, 0.25) is 5.15 Å². The molecule has 0 spiro atoms. The Morgan fingerprint density at radius 3 is 2.76 bits per heavy atom. The minimum Gasteiger partial charge on any atom is -0.468 e. The number of halogens is 1. The first-order valence-electron chi connectivity index (χ1n) is 6.56. The van der Waals surface area contributed by atoms with E-state index in [4.69, 9.17) is 17.3 Å². The van der Waals surface area contributed by atoms with Crippen molar-refractivity contribution in [3.05, 3.63) is 52.8 Å². The highest BCUT2D eigenvalue weighted by Gasteiger charge is 2.17. The fraction of sp³-hybridized carbons (Fsp3) is 0.250. The van der Waals surface area contributed by atoms with Crippen molar-refractivity contribution in [2.24, 2.45) is 5.73 Å². The zero-order valence-electron chi connectivity index (χ0n) is 12.0. The van der Waals surface area contributed by atoms with Crippen molar-refractivity contribution in [3.63, 3.8) is 0 Å². The maximum absolute atomic E-state index is 11.5. The zero-order chi connectivity index (χ0) is 15.4. The van der Waals surface area contributed by atoms with E-state index in [0.29, 0.717) is 11.6 Å². The Morgan fingerprint density at radius 2 is 2.10 bits per heavy atom. The molecular weight excluding hydrogens is 288 g/mol. The van der Waals surface area contributed by atoms with Gasteiger partial charge in [0.15, 0.2) is 0 Å². The molecule has 1 heterocycles. The minimum atomic E-state index is -0.684. The molecule has 4 nitrogen and oxygen atoms in total. The number of methoxy groups -OCH3 is 1. The van der Waals surface area contributed by atoms with Crippen LogP contribution in [0.3, 0.4) is 0 Å². The fourth-order valence-corrected chi connectivity index (χ4v) is 2.45. The van der Waals surface area contributed by atoms with Gasteiger partial charge in [-0.1, -0.05) is 35.9 Å². The Balaban J connectivity index is 2.39. The average Bonchev–Trinajstić information content (AvgIpc) is 2.47. The van der Waals surface area contributed by atoms with Crippen LogP contribution in [0, 0.1) is 6.92 Å². The molecule has 0 unspecified atom stereocenters. The van der Waals surface area contributed by atoms with Gasteiger partial charge < -0.3 is 10.5 Å². The molecule has 1 aromatic heterocycles. The predicted octanol–water partition coefficient (Wildman–Crippen LogP) is 2.75. The Labute approximate surface area is 128 Å². The van der Waals surface area contributed by atoms with Crippen molar-refractivity contribution in [2.75, 3.05) is 7.11 Å². The summed E-state index contributed by atoms with van der Waals surface area (Å²) in [4.78, 5) is 15.6. The van der Waals surface area contributed by atoms with Gasteiger partial charge in [-0.15, -0.1) is 0 Å². The second-order valence-corrected chi connectivity index (χ2v) is 5.20. The summed E-state index contributed by atoms with van der Waals surface area (Å²) in [5.41, 5.74) is 9.83. The number of nitrogens with two attached hydrogens (primary N) is 1. The molecule has 0 amide bonds. The van der Waals surface area contributed by atoms with Crippen LogP contribution in [0.15, 0.2) is 36.5 Å². The monoisotopic (exact) mass is 304 g/mol. The summed E-state index contributed by atoms with van der Waals surface area (Å²) in [6, 6.07) is 8.92. The molecule has 2 rings (SSSR count). The molecule has 1 aromatic carbocycles. The molecule has 0 bridgehead atoms. The third-order valence-electron chi connectivity index (χ3n) is 3.33. The van der Waals surface area contributed by atoms with Crippen molar-refractivity contribution in [1.29, 1.82) is 0 Å². The number of rotatable bonds is 4. The lowest BCUT2D eigenvalue weighted by Gasteiger charge is -2.14. The van der Waals surface area contributed by atoms with Crippen LogP contribution in [-0.4, -0.2) is 24.1 Å². The second-order valence-electron chi connectivity index (χ2n) is 4.81. The summed E-state index contributed by atoms with van der Waals surface area (Å²) in [5.74, 6) is -0.421. The normalized spacial score (nSPS) is 12.0. The molecule has 0 aliphatic carbocycles. The number of hydrogen-bond donors (Lipinski definition) is 1. The Kier molecular flexibility index (Phi) is 4.94. The molecule has 0 saturated heterocycles.